The monoisotopic (exact) mass is 275 g/mol. The van der Waals surface area contributed by atoms with E-state index in [-0.39, 0.29) is 0 Å². The van der Waals surface area contributed by atoms with Crippen molar-refractivity contribution < 1.29 is 4.74 Å². The van der Waals surface area contributed by atoms with Crippen molar-refractivity contribution in [3.8, 4) is 5.75 Å². The molecule has 0 radical (unpaired) electrons. The lowest BCUT2D eigenvalue weighted by Crippen LogP contribution is -2.27. The normalized spacial score (nSPS) is 22.4. The molecule has 0 bridgehead atoms. The summed E-state index contributed by atoms with van der Waals surface area (Å²) < 4.78 is 5.82. The van der Waals surface area contributed by atoms with Crippen LogP contribution in [0.2, 0.25) is 0 Å². The van der Waals surface area contributed by atoms with E-state index in [1.807, 2.05) is 0 Å². The van der Waals surface area contributed by atoms with E-state index in [0.29, 0.717) is 5.92 Å². The number of benzene rings is 1. The highest BCUT2D eigenvalue weighted by Crippen LogP contribution is 2.42. The van der Waals surface area contributed by atoms with Crippen LogP contribution >= 0.6 is 0 Å². The topological polar surface area (TPSA) is 21.3 Å². The number of hydrogen-bond acceptors (Lipinski definition) is 2. The molecule has 2 rings (SSSR count). The van der Waals surface area contributed by atoms with E-state index in [2.05, 4.69) is 50.4 Å². The molecule has 0 aromatic heterocycles. The lowest BCUT2D eigenvalue weighted by molar-refractivity contribution is 0.328. The third-order valence-electron chi connectivity index (χ3n) is 4.24. The van der Waals surface area contributed by atoms with Crippen molar-refractivity contribution in [3.63, 3.8) is 0 Å². The largest absolute Gasteiger partial charge is 0.494 e. The van der Waals surface area contributed by atoms with Gasteiger partial charge in [0, 0.05) is 0 Å². The highest BCUT2D eigenvalue weighted by molar-refractivity contribution is 5.37. The van der Waals surface area contributed by atoms with Gasteiger partial charge >= 0.3 is 0 Å². The first-order valence-corrected chi connectivity index (χ1v) is 8.14. The van der Waals surface area contributed by atoms with Crippen LogP contribution in [0.3, 0.4) is 0 Å². The van der Waals surface area contributed by atoms with Crippen LogP contribution in [0.4, 0.5) is 0 Å². The van der Waals surface area contributed by atoms with Crippen molar-refractivity contribution in [2.24, 2.45) is 11.8 Å². The number of rotatable bonds is 7. The number of para-hydroxylation sites is 1. The van der Waals surface area contributed by atoms with Gasteiger partial charge in [-0.2, -0.15) is 0 Å². The second kappa shape index (κ2) is 7.68. The molecule has 1 N–H and O–H groups in total. The molecule has 1 saturated carbocycles. The molecule has 20 heavy (non-hydrogen) atoms. The SMILES string of the molecule is CCOc1ccccc1C1CCCC1CNCC(C)C. The standard InChI is InChI=1S/C18H29NO/c1-4-20-18-11-6-5-9-17(18)16-10-7-8-15(16)13-19-12-14(2)3/h5-6,9,11,14-16,19H,4,7-8,10,12-13H2,1-3H3. The van der Waals surface area contributed by atoms with Crippen molar-refractivity contribution in [1.82, 2.24) is 5.32 Å². The lowest BCUT2D eigenvalue weighted by Gasteiger charge is -2.23. The number of nitrogens with one attached hydrogen (secondary N) is 1. The fraction of sp³-hybridized carbons (Fsp3) is 0.667. The highest BCUT2D eigenvalue weighted by Gasteiger charge is 2.30. The summed E-state index contributed by atoms with van der Waals surface area (Å²) in [4.78, 5) is 0. The zero-order valence-corrected chi connectivity index (χ0v) is 13.2. The van der Waals surface area contributed by atoms with Crippen molar-refractivity contribution in [3.05, 3.63) is 29.8 Å². The van der Waals surface area contributed by atoms with E-state index in [1.54, 1.807) is 0 Å². The molecule has 2 nitrogen and oxygen atoms in total. The van der Waals surface area contributed by atoms with Crippen molar-refractivity contribution in [2.45, 2.75) is 46.0 Å². The predicted molar refractivity (Wildman–Crippen MR) is 85.4 cm³/mol. The molecule has 1 aromatic rings. The van der Waals surface area contributed by atoms with Gasteiger partial charge in [0.2, 0.25) is 0 Å². The highest BCUT2D eigenvalue weighted by atomic mass is 16.5. The average Bonchev–Trinajstić information content (AvgIpc) is 2.88. The molecule has 2 atom stereocenters. The van der Waals surface area contributed by atoms with Gasteiger partial charge < -0.3 is 10.1 Å². The van der Waals surface area contributed by atoms with Crippen LogP contribution in [0, 0.1) is 11.8 Å². The zero-order chi connectivity index (χ0) is 14.4. The summed E-state index contributed by atoms with van der Waals surface area (Å²) in [5.74, 6) is 3.24. The van der Waals surface area contributed by atoms with Crippen LogP contribution in [0.25, 0.3) is 0 Å². The Balaban J connectivity index is 2.02. The molecule has 1 aliphatic rings. The fourth-order valence-electron chi connectivity index (χ4n) is 3.32. The molecule has 2 unspecified atom stereocenters. The molecule has 0 spiro atoms. The van der Waals surface area contributed by atoms with Crippen LogP contribution in [0.15, 0.2) is 24.3 Å². The van der Waals surface area contributed by atoms with E-state index in [4.69, 9.17) is 4.74 Å². The summed E-state index contributed by atoms with van der Waals surface area (Å²) in [6.07, 6.45) is 3.99. The third-order valence-corrected chi connectivity index (χ3v) is 4.24. The Kier molecular flexibility index (Phi) is 5.90. The molecule has 2 heteroatoms. The minimum Gasteiger partial charge on any atom is -0.494 e. The van der Waals surface area contributed by atoms with Crippen LogP contribution in [-0.4, -0.2) is 19.7 Å². The summed E-state index contributed by atoms with van der Waals surface area (Å²) in [5.41, 5.74) is 1.42. The van der Waals surface area contributed by atoms with Gasteiger partial charge in [0.1, 0.15) is 5.75 Å². The Labute approximate surface area is 123 Å². The Morgan fingerprint density at radius 3 is 2.80 bits per heavy atom. The lowest BCUT2D eigenvalue weighted by atomic mass is 9.88. The van der Waals surface area contributed by atoms with E-state index in [9.17, 15) is 0 Å². The van der Waals surface area contributed by atoms with Gasteiger partial charge in [0.05, 0.1) is 6.61 Å². The first-order chi connectivity index (χ1) is 9.72. The maximum atomic E-state index is 5.82. The molecule has 0 amide bonds. The van der Waals surface area contributed by atoms with Crippen molar-refractivity contribution in [2.75, 3.05) is 19.7 Å². The minimum atomic E-state index is 0.664. The summed E-state index contributed by atoms with van der Waals surface area (Å²) in [6.45, 7) is 9.61. The van der Waals surface area contributed by atoms with Gasteiger partial charge in [0.15, 0.2) is 0 Å². The molecular formula is C18H29NO. The molecule has 0 aliphatic heterocycles. The molecule has 112 valence electrons. The molecule has 0 saturated heterocycles. The van der Waals surface area contributed by atoms with Crippen LogP contribution < -0.4 is 10.1 Å². The summed E-state index contributed by atoms with van der Waals surface area (Å²) in [7, 11) is 0. The summed E-state index contributed by atoms with van der Waals surface area (Å²) >= 11 is 0. The number of ether oxygens (including phenoxy) is 1. The summed E-state index contributed by atoms with van der Waals surface area (Å²) in [6, 6.07) is 8.61. The molecule has 1 fully saturated rings. The average molecular weight is 275 g/mol. The number of hydrogen-bond donors (Lipinski definition) is 1. The van der Waals surface area contributed by atoms with Gasteiger partial charge in [0.25, 0.3) is 0 Å². The Hall–Kier alpha value is -1.02. The smallest absolute Gasteiger partial charge is 0.122 e. The van der Waals surface area contributed by atoms with Gasteiger partial charge in [-0.1, -0.05) is 38.5 Å². The van der Waals surface area contributed by atoms with Gasteiger partial charge in [-0.25, -0.2) is 0 Å². The van der Waals surface area contributed by atoms with E-state index in [1.165, 1.54) is 24.8 Å². The maximum absolute atomic E-state index is 5.82. The van der Waals surface area contributed by atoms with Gasteiger partial charge in [-0.05, 0) is 62.2 Å². The van der Waals surface area contributed by atoms with Crippen LogP contribution in [0.5, 0.6) is 5.75 Å². The van der Waals surface area contributed by atoms with E-state index >= 15 is 0 Å². The minimum absolute atomic E-state index is 0.664. The van der Waals surface area contributed by atoms with Crippen LogP contribution in [-0.2, 0) is 0 Å². The van der Waals surface area contributed by atoms with E-state index in [0.717, 1.165) is 37.3 Å². The first-order valence-electron chi connectivity index (χ1n) is 8.14. The molecule has 1 aromatic carbocycles. The molecular weight excluding hydrogens is 246 g/mol. The van der Waals surface area contributed by atoms with Gasteiger partial charge in [-0.3, -0.25) is 0 Å². The Morgan fingerprint density at radius 1 is 1.25 bits per heavy atom. The Bertz CT molecular complexity index is 402. The second-order valence-corrected chi connectivity index (χ2v) is 6.32. The van der Waals surface area contributed by atoms with E-state index < -0.39 is 0 Å². The van der Waals surface area contributed by atoms with Gasteiger partial charge in [-0.15, -0.1) is 0 Å². The third kappa shape index (κ3) is 3.99. The molecule has 1 aliphatic carbocycles. The maximum Gasteiger partial charge on any atom is 0.122 e. The second-order valence-electron chi connectivity index (χ2n) is 6.32. The zero-order valence-electron chi connectivity index (χ0n) is 13.2. The Morgan fingerprint density at radius 2 is 2.05 bits per heavy atom. The molecule has 0 heterocycles. The fourth-order valence-corrected chi connectivity index (χ4v) is 3.32. The quantitative estimate of drug-likeness (QED) is 0.804. The predicted octanol–water partition coefficient (Wildman–Crippen LogP) is 4.21. The van der Waals surface area contributed by atoms with Crippen molar-refractivity contribution >= 4 is 0 Å². The summed E-state index contributed by atoms with van der Waals surface area (Å²) in [5, 5.41) is 3.64. The first kappa shape index (κ1) is 15.4. The van der Waals surface area contributed by atoms with Crippen LogP contribution in [0.1, 0.15) is 51.5 Å². The van der Waals surface area contributed by atoms with Crippen molar-refractivity contribution in [1.29, 1.82) is 0 Å².